The Bertz CT molecular complexity index is 749. The third-order valence-corrected chi connectivity index (χ3v) is 3.71. The summed E-state index contributed by atoms with van der Waals surface area (Å²) in [6.07, 6.45) is 3.61. The van der Waals surface area contributed by atoms with Crippen molar-refractivity contribution in [3.8, 4) is 16.9 Å². The first-order valence-electron chi connectivity index (χ1n) is 6.50. The van der Waals surface area contributed by atoms with Crippen LogP contribution in [0.3, 0.4) is 0 Å². The molecule has 2 aromatic heterocycles. The minimum absolute atomic E-state index is 0.338. The van der Waals surface area contributed by atoms with E-state index in [4.69, 9.17) is 4.74 Å². The molecule has 0 amide bonds. The Balaban J connectivity index is 1.94. The van der Waals surface area contributed by atoms with Crippen molar-refractivity contribution in [1.29, 1.82) is 0 Å². The van der Waals surface area contributed by atoms with Crippen molar-refractivity contribution in [3.63, 3.8) is 0 Å². The van der Waals surface area contributed by atoms with Crippen molar-refractivity contribution in [3.05, 3.63) is 53.1 Å². The molecule has 0 N–H and O–H groups in total. The van der Waals surface area contributed by atoms with Crippen LogP contribution in [-0.2, 0) is 4.74 Å². The molecule has 0 unspecified atom stereocenters. The first kappa shape index (κ1) is 13.5. The second-order valence-corrected chi connectivity index (χ2v) is 5.12. The van der Waals surface area contributed by atoms with E-state index in [0.717, 1.165) is 11.1 Å². The molecule has 0 bridgehead atoms. The molecule has 0 radical (unpaired) electrons. The summed E-state index contributed by atoms with van der Waals surface area (Å²) in [5.41, 5.74) is 3.65. The number of ether oxygens (including phenoxy) is 1. The number of thiazole rings is 1. The normalized spacial score (nSPS) is 10.5. The van der Waals surface area contributed by atoms with Crippen LogP contribution >= 0.6 is 11.3 Å². The minimum Gasteiger partial charge on any atom is -0.462 e. The van der Waals surface area contributed by atoms with E-state index >= 15 is 0 Å². The summed E-state index contributed by atoms with van der Waals surface area (Å²) in [7, 11) is 0. The van der Waals surface area contributed by atoms with Crippen LogP contribution in [0.5, 0.6) is 0 Å². The predicted octanol–water partition coefficient (Wildman–Crippen LogP) is 3.17. The van der Waals surface area contributed by atoms with Crippen molar-refractivity contribution in [2.75, 3.05) is 6.61 Å². The molecule has 0 spiro atoms. The summed E-state index contributed by atoms with van der Waals surface area (Å²) in [5, 5.41) is 4.29. The third kappa shape index (κ3) is 2.71. The van der Waals surface area contributed by atoms with E-state index in [1.54, 1.807) is 23.3 Å². The molecule has 3 rings (SSSR count). The standard InChI is InChI=1S/C15H13N3O2S/c1-2-20-15(19)13-14(16-10-21-13)18-9-12(8-17-18)11-6-4-3-5-7-11/h3-10H,2H2,1H3. The highest BCUT2D eigenvalue weighted by molar-refractivity contribution is 7.12. The Labute approximate surface area is 125 Å². The number of hydrogen-bond donors (Lipinski definition) is 0. The molecular weight excluding hydrogens is 286 g/mol. The van der Waals surface area contributed by atoms with Crippen LogP contribution in [-0.4, -0.2) is 27.3 Å². The lowest BCUT2D eigenvalue weighted by Crippen LogP contribution is -2.07. The lowest BCUT2D eigenvalue weighted by Gasteiger charge is -2.02. The van der Waals surface area contributed by atoms with Gasteiger partial charge in [0, 0.05) is 11.8 Å². The average Bonchev–Trinajstić information content (AvgIpc) is 3.17. The van der Waals surface area contributed by atoms with Crippen LogP contribution in [0.2, 0.25) is 0 Å². The Hall–Kier alpha value is -2.47. The molecule has 5 nitrogen and oxygen atoms in total. The molecule has 1 aromatic carbocycles. The van der Waals surface area contributed by atoms with E-state index in [-0.39, 0.29) is 5.97 Å². The Morgan fingerprint density at radius 2 is 2.10 bits per heavy atom. The molecule has 0 aliphatic heterocycles. The zero-order valence-corrected chi connectivity index (χ0v) is 12.2. The van der Waals surface area contributed by atoms with Gasteiger partial charge in [0.05, 0.1) is 18.3 Å². The van der Waals surface area contributed by atoms with Crippen LogP contribution in [0.25, 0.3) is 16.9 Å². The van der Waals surface area contributed by atoms with Gasteiger partial charge in [-0.3, -0.25) is 0 Å². The second-order valence-electron chi connectivity index (χ2n) is 4.27. The molecule has 0 aliphatic rings. The molecule has 21 heavy (non-hydrogen) atoms. The van der Waals surface area contributed by atoms with E-state index in [0.29, 0.717) is 17.3 Å². The molecule has 6 heteroatoms. The smallest absolute Gasteiger partial charge is 0.352 e. The summed E-state index contributed by atoms with van der Waals surface area (Å²) in [6.45, 7) is 2.12. The maximum absolute atomic E-state index is 11.9. The molecule has 0 saturated heterocycles. The highest BCUT2D eigenvalue weighted by Crippen LogP contribution is 2.22. The topological polar surface area (TPSA) is 57.0 Å². The predicted molar refractivity (Wildman–Crippen MR) is 80.6 cm³/mol. The number of nitrogens with zero attached hydrogens (tertiary/aromatic N) is 3. The number of carbonyl (C=O) groups excluding carboxylic acids is 1. The average molecular weight is 299 g/mol. The summed E-state index contributed by atoms with van der Waals surface area (Å²) < 4.78 is 6.63. The van der Waals surface area contributed by atoms with Gasteiger partial charge in [-0.1, -0.05) is 30.3 Å². The van der Waals surface area contributed by atoms with Crippen molar-refractivity contribution in [2.24, 2.45) is 0 Å². The minimum atomic E-state index is -0.369. The van der Waals surface area contributed by atoms with Gasteiger partial charge in [0.25, 0.3) is 0 Å². The Morgan fingerprint density at radius 1 is 1.29 bits per heavy atom. The molecule has 2 heterocycles. The summed E-state index contributed by atoms with van der Waals surface area (Å²) in [6, 6.07) is 9.93. The number of aromatic nitrogens is 3. The third-order valence-electron chi connectivity index (χ3n) is 2.92. The van der Waals surface area contributed by atoms with Crippen LogP contribution in [0.1, 0.15) is 16.6 Å². The van der Waals surface area contributed by atoms with Crippen LogP contribution < -0.4 is 0 Å². The highest BCUT2D eigenvalue weighted by atomic mass is 32.1. The Morgan fingerprint density at radius 3 is 2.86 bits per heavy atom. The lowest BCUT2D eigenvalue weighted by atomic mass is 10.1. The van der Waals surface area contributed by atoms with Crippen LogP contribution in [0.15, 0.2) is 48.2 Å². The quantitative estimate of drug-likeness (QED) is 0.694. The van der Waals surface area contributed by atoms with Crippen molar-refractivity contribution < 1.29 is 9.53 Å². The number of carbonyl (C=O) groups is 1. The van der Waals surface area contributed by atoms with Crippen molar-refractivity contribution in [2.45, 2.75) is 6.92 Å². The van der Waals surface area contributed by atoms with E-state index in [9.17, 15) is 4.79 Å². The number of benzene rings is 1. The summed E-state index contributed by atoms with van der Waals surface area (Å²) in [4.78, 5) is 16.6. The van der Waals surface area contributed by atoms with Crippen LogP contribution in [0, 0.1) is 0 Å². The molecule has 106 valence electrons. The number of hydrogen-bond acceptors (Lipinski definition) is 5. The van der Waals surface area contributed by atoms with Gasteiger partial charge < -0.3 is 4.74 Å². The zero-order chi connectivity index (χ0) is 14.7. The highest BCUT2D eigenvalue weighted by Gasteiger charge is 2.18. The largest absolute Gasteiger partial charge is 0.462 e. The molecule has 0 aliphatic carbocycles. The first-order valence-corrected chi connectivity index (χ1v) is 7.38. The van der Waals surface area contributed by atoms with E-state index in [1.807, 2.05) is 36.5 Å². The van der Waals surface area contributed by atoms with Gasteiger partial charge in [0.1, 0.15) is 0 Å². The van der Waals surface area contributed by atoms with Gasteiger partial charge in [-0.05, 0) is 12.5 Å². The number of rotatable bonds is 4. The van der Waals surface area contributed by atoms with Gasteiger partial charge in [0.15, 0.2) is 10.7 Å². The Kier molecular flexibility index (Phi) is 3.79. The monoisotopic (exact) mass is 299 g/mol. The fourth-order valence-electron chi connectivity index (χ4n) is 1.96. The maximum atomic E-state index is 11.9. The van der Waals surface area contributed by atoms with E-state index < -0.39 is 0 Å². The van der Waals surface area contributed by atoms with Gasteiger partial charge in [-0.2, -0.15) is 5.10 Å². The van der Waals surface area contributed by atoms with Gasteiger partial charge >= 0.3 is 5.97 Å². The SMILES string of the molecule is CCOC(=O)c1scnc1-n1cc(-c2ccccc2)cn1. The number of esters is 1. The molecule has 0 fully saturated rings. The summed E-state index contributed by atoms with van der Waals surface area (Å²) in [5.74, 6) is 0.132. The zero-order valence-electron chi connectivity index (χ0n) is 11.4. The van der Waals surface area contributed by atoms with E-state index in [1.165, 1.54) is 11.3 Å². The van der Waals surface area contributed by atoms with Gasteiger partial charge in [-0.25, -0.2) is 14.5 Å². The second kappa shape index (κ2) is 5.88. The van der Waals surface area contributed by atoms with E-state index in [2.05, 4.69) is 10.1 Å². The fourth-order valence-corrected chi connectivity index (χ4v) is 2.62. The maximum Gasteiger partial charge on any atom is 0.352 e. The fraction of sp³-hybridized carbons (Fsp3) is 0.133. The van der Waals surface area contributed by atoms with Crippen LogP contribution in [0.4, 0.5) is 0 Å². The summed E-state index contributed by atoms with van der Waals surface area (Å²) >= 11 is 1.25. The lowest BCUT2D eigenvalue weighted by molar-refractivity contribution is 0.0531. The molecular formula is C15H13N3O2S. The van der Waals surface area contributed by atoms with Crippen molar-refractivity contribution in [1.82, 2.24) is 14.8 Å². The first-order chi connectivity index (χ1) is 10.3. The van der Waals surface area contributed by atoms with Crippen molar-refractivity contribution >= 4 is 17.3 Å². The van der Waals surface area contributed by atoms with Gasteiger partial charge in [0.2, 0.25) is 0 Å². The van der Waals surface area contributed by atoms with Gasteiger partial charge in [-0.15, -0.1) is 11.3 Å². The molecule has 0 saturated carbocycles. The molecule has 0 atom stereocenters. The molecule has 3 aromatic rings.